The van der Waals surface area contributed by atoms with Crippen molar-refractivity contribution in [3.63, 3.8) is 0 Å². The molecule has 130 valence electrons. The quantitative estimate of drug-likeness (QED) is 0.488. The number of hydrogen-bond acceptors (Lipinski definition) is 5. The van der Waals surface area contributed by atoms with Crippen LogP contribution >= 0.6 is 23.4 Å². The second kappa shape index (κ2) is 7.84. The first-order valence-electron chi connectivity index (χ1n) is 7.99. The van der Waals surface area contributed by atoms with Gasteiger partial charge in [0.25, 0.3) is 0 Å². The molecule has 25 heavy (non-hydrogen) atoms. The van der Waals surface area contributed by atoms with Gasteiger partial charge >= 0.3 is 0 Å². The van der Waals surface area contributed by atoms with E-state index in [1.807, 2.05) is 38.1 Å². The minimum absolute atomic E-state index is 0.101. The summed E-state index contributed by atoms with van der Waals surface area (Å²) in [7, 11) is 0. The number of thioether (sulfide) groups is 1. The molecule has 0 radical (unpaired) electrons. The monoisotopic (exact) mass is 375 g/mol. The van der Waals surface area contributed by atoms with Crippen LogP contribution in [0, 0.1) is 0 Å². The summed E-state index contributed by atoms with van der Waals surface area (Å²) >= 11 is 7.47. The van der Waals surface area contributed by atoms with E-state index in [-0.39, 0.29) is 5.91 Å². The molecular weight excluding hydrogens is 358 g/mol. The van der Waals surface area contributed by atoms with Crippen molar-refractivity contribution in [3.8, 4) is 5.69 Å². The van der Waals surface area contributed by atoms with Gasteiger partial charge in [-0.1, -0.05) is 29.4 Å². The smallest absolute Gasteiger partial charge is 0.232 e. The molecule has 1 amide bonds. The average molecular weight is 376 g/mol. The second-order valence-electron chi connectivity index (χ2n) is 5.31. The summed E-state index contributed by atoms with van der Waals surface area (Å²) in [5.74, 6) is 0.444. The Kier molecular flexibility index (Phi) is 5.55. The van der Waals surface area contributed by atoms with E-state index in [2.05, 4.69) is 15.1 Å². The summed E-state index contributed by atoms with van der Waals surface area (Å²) in [6.45, 7) is 5.37. The second-order valence-corrected chi connectivity index (χ2v) is 6.71. The van der Waals surface area contributed by atoms with Crippen LogP contribution in [0.25, 0.3) is 16.7 Å². The van der Waals surface area contributed by atoms with Crippen molar-refractivity contribution in [1.29, 1.82) is 0 Å². The minimum atomic E-state index is 0.101. The Morgan fingerprint density at radius 2 is 2.08 bits per heavy atom. The van der Waals surface area contributed by atoms with E-state index in [1.54, 1.807) is 15.8 Å². The number of aromatic nitrogens is 4. The zero-order valence-corrected chi connectivity index (χ0v) is 15.6. The maximum absolute atomic E-state index is 12.2. The highest BCUT2D eigenvalue weighted by molar-refractivity contribution is 8.00. The fourth-order valence-electron chi connectivity index (χ4n) is 2.53. The van der Waals surface area contributed by atoms with Gasteiger partial charge in [0.1, 0.15) is 11.4 Å². The molecule has 0 aliphatic carbocycles. The van der Waals surface area contributed by atoms with Gasteiger partial charge in [-0.25, -0.2) is 14.6 Å². The Balaban J connectivity index is 1.88. The number of hydrogen-bond donors (Lipinski definition) is 0. The van der Waals surface area contributed by atoms with Crippen molar-refractivity contribution in [3.05, 3.63) is 41.8 Å². The molecule has 0 aliphatic heterocycles. The Morgan fingerprint density at radius 1 is 1.28 bits per heavy atom. The van der Waals surface area contributed by atoms with Crippen LogP contribution in [-0.4, -0.2) is 49.4 Å². The molecule has 0 N–H and O–H groups in total. The molecule has 6 nitrogen and oxygen atoms in total. The van der Waals surface area contributed by atoms with Gasteiger partial charge in [0, 0.05) is 18.1 Å². The van der Waals surface area contributed by atoms with Crippen LogP contribution in [0.2, 0.25) is 5.02 Å². The largest absolute Gasteiger partial charge is 0.343 e. The van der Waals surface area contributed by atoms with Crippen LogP contribution in [0.5, 0.6) is 0 Å². The van der Waals surface area contributed by atoms with Crippen molar-refractivity contribution < 1.29 is 4.79 Å². The van der Waals surface area contributed by atoms with Gasteiger partial charge in [0.15, 0.2) is 5.65 Å². The fraction of sp³-hybridized carbons (Fsp3) is 0.294. The van der Waals surface area contributed by atoms with Gasteiger partial charge in [-0.3, -0.25) is 4.79 Å². The van der Waals surface area contributed by atoms with Crippen molar-refractivity contribution >= 4 is 40.3 Å². The number of nitrogens with zero attached hydrogens (tertiary/aromatic N) is 5. The van der Waals surface area contributed by atoms with E-state index >= 15 is 0 Å². The number of amides is 1. The molecule has 0 atom stereocenters. The fourth-order valence-corrected chi connectivity index (χ4v) is 3.58. The first-order chi connectivity index (χ1) is 12.1. The van der Waals surface area contributed by atoms with Crippen LogP contribution in [0.15, 0.2) is 41.8 Å². The molecule has 1 aromatic carbocycles. The van der Waals surface area contributed by atoms with Crippen LogP contribution in [-0.2, 0) is 4.79 Å². The maximum atomic E-state index is 12.2. The summed E-state index contributed by atoms with van der Waals surface area (Å²) in [6, 6.07) is 7.42. The van der Waals surface area contributed by atoms with E-state index in [0.29, 0.717) is 29.5 Å². The third-order valence-corrected chi connectivity index (χ3v) is 5.06. The Labute approximate surface area is 155 Å². The standard InChI is InChI=1S/C17H18ClN5OS/c1-3-22(4-2)15(24)10-25-17-14-9-21-23(16(14)19-11-20-17)13-7-5-6-12(18)8-13/h5-9,11H,3-4,10H2,1-2H3. The van der Waals surface area contributed by atoms with E-state index in [0.717, 1.165) is 16.1 Å². The molecule has 8 heteroatoms. The summed E-state index contributed by atoms with van der Waals surface area (Å²) in [5, 5.41) is 6.61. The first kappa shape index (κ1) is 17.7. The summed E-state index contributed by atoms with van der Waals surface area (Å²) in [5.41, 5.74) is 1.52. The Morgan fingerprint density at radius 3 is 2.80 bits per heavy atom. The molecular formula is C17H18ClN5OS. The lowest BCUT2D eigenvalue weighted by Crippen LogP contribution is -2.31. The lowest BCUT2D eigenvalue weighted by atomic mass is 10.3. The summed E-state index contributed by atoms with van der Waals surface area (Å²) in [4.78, 5) is 22.7. The van der Waals surface area contributed by atoms with Gasteiger partial charge in [-0.2, -0.15) is 5.10 Å². The Bertz CT molecular complexity index is 894. The van der Waals surface area contributed by atoms with Crippen molar-refractivity contribution in [2.45, 2.75) is 18.9 Å². The van der Waals surface area contributed by atoms with Gasteiger partial charge < -0.3 is 4.90 Å². The van der Waals surface area contributed by atoms with Crippen LogP contribution < -0.4 is 0 Å². The zero-order valence-electron chi connectivity index (χ0n) is 14.0. The van der Waals surface area contributed by atoms with E-state index < -0.39 is 0 Å². The van der Waals surface area contributed by atoms with Crippen molar-refractivity contribution in [1.82, 2.24) is 24.6 Å². The van der Waals surface area contributed by atoms with E-state index in [4.69, 9.17) is 11.6 Å². The molecule has 0 unspecified atom stereocenters. The number of carbonyl (C=O) groups excluding carboxylic acids is 1. The average Bonchev–Trinajstić information content (AvgIpc) is 3.05. The number of rotatable bonds is 6. The topological polar surface area (TPSA) is 63.9 Å². The number of fused-ring (bicyclic) bond motifs is 1. The van der Waals surface area contributed by atoms with Gasteiger partial charge in [-0.05, 0) is 32.0 Å². The van der Waals surface area contributed by atoms with Gasteiger partial charge in [-0.15, -0.1) is 0 Å². The Hall–Kier alpha value is -2.12. The van der Waals surface area contributed by atoms with Crippen molar-refractivity contribution in [2.24, 2.45) is 0 Å². The third kappa shape index (κ3) is 3.77. The van der Waals surface area contributed by atoms with Crippen LogP contribution in [0.1, 0.15) is 13.8 Å². The summed E-state index contributed by atoms with van der Waals surface area (Å²) in [6.07, 6.45) is 3.22. The normalized spacial score (nSPS) is 11.0. The predicted octanol–water partition coefficient (Wildman–Crippen LogP) is 3.43. The van der Waals surface area contributed by atoms with Gasteiger partial charge in [0.2, 0.25) is 5.91 Å². The predicted molar refractivity (Wildman–Crippen MR) is 100 cm³/mol. The first-order valence-corrected chi connectivity index (χ1v) is 9.35. The minimum Gasteiger partial charge on any atom is -0.343 e. The zero-order chi connectivity index (χ0) is 17.8. The molecule has 0 aliphatic rings. The number of halogens is 1. The SMILES string of the molecule is CCN(CC)C(=O)CSc1ncnc2c1cnn2-c1cccc(Cl)c1. The molecule has 0 spiro atoms. The number of carbonyl (C=O) groups is 1. The molecule has 3 rings (SSSR count). The molecule has 2 aromatic heterocycles. The molecule has 0 saturated heterocycles. The molecule has 3 aromatic rings. The van der Waals surface area contributed by atoms with E-state index in [9.17, 15) is 4.79 Å². The lowest BCUT2D eigenvalue weighted by Gasteiger charge is -2.17. The summed E-state index contributed by atoms with van der Waals surface area (Å²) < 4.78 is 1.72. The van der Waals surface area contributed by atoms with E-state index in [1.165, 1.54) is 18.1 Å². The molecule has 2 heterocycles. The van der Waals surface area contributed by atoms with Gasteiger partial charge in [0.05, 0.1) is 23.0 Å². The molecule has 0 saturated carbocycles. The highest BCUT2D eigenvalue weighted by Crippen LogP contribution is 2.26. The highest BCUT2D eigenvalue weighted by atomic mass is 35.5. The highest BCUT2D eigenvalue weighted by Gasteiger charge is 2.15. The number of benzene rings is 1. The van der Waals surface area contributed by atoms with Crippen LogP contribution in [0.4, 0.5) is 0 Å². The molecule has 0 bridgehead atoms. The van der Waals surface area contributed by atoms with Crippen LogP contribution in [0.3, 0.4) is 0 Å². The lowest BCUT2D eigenvalue weighted by molar-refractivity contribution is -0.127. The maximum Gasteiger partial charge on any atom is 0.232 e. The van der Waals surface area contributed by atoms with Crippen molar-refractivity contribution in [2.75, 3.05) is 18.8 Å². The molecule has 0 fully saturated rings. The third-order valence-electron chi connectivity index (χ3n) is 3.83.